The molecule has 72 valence electrons. The fourth-order valence-corrected chi connectivity index (χ4v) is 1.94. The molecular weight excluding hydrogens is 181 g/mol. The van der Waals surface area contributed by atoms with E-state index in [-0.39, 0.29) is 6.29 Å². The van der Waals surface area contributed by atoms with Gasteiger partial charge in [-0.2, -0.15) is 5.09 Å². The minimum Gasteiger partial charge on any atom is -0.313 e. The van der Waals surface area contributed by atoms with Crippen LogP contribution < -0.4 is 5.09 Å². The van der Waals surface area contributed by atoms with Crippen molar-refractivity contribution in [1.29, 1.82) is 0 Å². The van der Waals surface area contributed by atoms with Gasteiger partial charge in [-0.15, -0.1) is 0 Å². The van der Waals surface area contributed by atoms with Crippen LogP contribution in [-0.2, 0) is 4.57 Å². The lowest BCUT2D eigenvalue weighted by molar-refractivity contribution is 0.160. The number of likely N-dealkylation sites (N-methyl/N-ethyl adjacent to an activating group) is 2. The lowest BCUT2D eigenvalue weighted by Crippen LogP contribution is -2.44. The zero-order valence-corrected chi connectivity index (χ0v) is 8.03. The van der Waals surface area contributed by atoms with Crippen molar-refractivity contribution in [2.24, 2.45) is 0 Å². The number of hydrogen-bond acceptors (Lipinski definition) is 3. The minimum atomic E-state index is -4.12. The van der Waals surface area contributed by atoms with E-state index in [1.807, 2.05) is 23.9 Å². The normalized spacial score (nSPS) is 23.7. The van der Waals surface area contributed by atoms with Crippen molar-refractivity contribution >= 4 is 7.75 Å². The van der Waals surface area contributed by atoms with Crippen LogP contribution in [0.4, 0.5) is 0 Å². The van der Waals surface area contributed by atoms with Crippen LogP contribution in [0.25, 0.3) is 0 Å². The summed E-state index contributed by atoms with van der Waals surface area (Å²) in [5.74, 6) is 0. The molecular formula is C5H14N3O3P. The van der Waals surface area contributed by atoms with Crippen molar-refractivity contribution < 1.29 is 14.4 Å². The molecule has 0 atom stereocenters. The summed E-state index contributed by atoms with van der Waals surface area (Å²) in [4.78, 5) is 21.0. The Hall–Kier alpha value is 0.0300. The summed E-state index contributed by atoms with van der Waals surface area (Å²) in [7, 11) is -0.490. The minimum absolute atomic E-state index is 0.356. The largest absolute Gasteiger partial charge is 0.402 e. The van der Waals surface area contributed by atoms with Crippen molar-refractivity contribution in [1.82, 2.24) is 14.9 Å². The maximum absolute atomic E-state index is 10.6. The van der Waals surface area contributed by atoms with Crippen LogP contribution in [0.15, 0.2) is 0 Å². The average Bonchev–Trinajstić information content (AvgIpc) is 2.16. The zero-order chi connectivity index (χ0) is 9.35. The molecule has 0 aromatic rings. The second-order valence-electron chi connectivity index (χ2n) is 3.01. The van der Waals surface area contributed by atoms with Crippen LogP contribution in [0, 0.1) is 0 Å². The molecule has 1 rings (SSSR count). The van der Waals surface area contributed by atoms with Gasteiger partial charge in [-0.05, 0) is 14.1 Å². The van der Waals surface area contributed by atoms with Gasteiger partial charge in [0.1, 0.15) is 6.29 Å². The lowest BCUT2D eigenvalue weighted by atomic mass is 10.6. The van der Waals surface area contributed by atoms with Crippen LogP contribution in [0.5, 0.6) is 0 Å². The Kier molecular flexibility index (Phi) is 2.88. The molecule has 0 amide bonds. The molecule has 12 heavy (non-hydrogen) atoms. The van der Waals surface area contributed by atoms with Gasteiger partial charge in [0.15, 0.2) is 0 Å². The summed E-state index contributed by atoms with van der Waals surface area (Å²) in [6, 6.07) is 0. The number of nitrogens with one attached hydrogen (secondary N) is 1. The van der Waals surface area contributed by atoms with Crippen LogP contribution in [-0.4, -0.2) is 53.1 Å². The third kappa shape index (κ3) is 2.52. The third-order valence-electron chi connectivity index (χ3n) is 1.92. The maximum atomic E-state index is 10.6. The number of nitrogens with zero attached hydrogens (tertiary/aromatic N) is 2. The number of rotatable bonds is 2. The second-order valence-corrected chi connectivity index (χ2v) is 4.35. The smallest absolute Gasteiger partial charge is 0.313 e. The Balaban J connectivity index is 2.56. The molecule has 3 N–H and O–H groups in total. The monoisotopic (exact) mass is 195 g/mol. The molecule has 1 fully saturated rings. The topological polar surface area (TPSA) is 76.0 Å². The van der Waals surface area contributed by atoms with E-state index in [9.17, 15) is 4.57 Å². The van der Waals surface area contributed by atoms with Gasteiger partial charge in [-0.1, -0.05) is 0 Å². The highest BCUT2D eigenvalue weighted by Gasteiger charge is 2.30. The van der Waals surface area contributed by atoms with Crippen molar-refractivity contribution in [3.8, 4) is 0 Å². The van der Waals surface area contributed by atoms with E-state index in [2.05, 4.69) is 5.09 Å². The molecule has 1 aliphatic heterocycles. The Morgan fingerprint density at radius 1 is 1.33 bits per heavy atom. The molecule has 0 spiro atoms. The molecule has 0 saturated carbocycles. The van der Waals surface area contributed by atoms with Crippen LogP contribution in [0.2, 0.25) is 0 Å². The highest BCUT2D eigenvalue weighted by molar-refractivity contribution is 7.49. The highest BCUT2D eigenvalue weighted by Crippen LogP contribution is 2.30. The van der Waals surface area contributed by atoms with E-state index in [0.29, 0.717) is 0 Å². The molecule has 0 bridgehead atoms. The highest BCUT2D eigenvalue weighted by atomic mass is 31.2. The van der Waals surface area contributed by atoms with Gasteiger partial charge < -0.3 is 9.79 Å². The van der Waals surface area contributed by atoms with E-state index in [0.717, 1.165) is 13.1 Å². The Morgan fingerprint density at radius 3 is 2.08 bits per heavy atom. The first-order valence-electron chi connectivity index (χ1n) is 3.64. The maximum Gasteiger partial charge on any atom is 0.402 e. The second kappa shape index (κ2) is 3.41. The molecule has 0 radical (unpaired) electrons. The summed E-state index contributed by atoms with van der Waals surface area (Å²) in [5, 5.41) is 2.24. The SMILES string of the molecule is CN1CCN(C)C1NP(=O)(O)O. The molecule has 6 nitrogen and oxygen atoms in total. The molecule has 0 unspecified atom stereocenters. The summed E-state index contributed by atoms with van der Waals surface area (Å²) in [5.41, 5.74) is 0. The Labute approximate surface area is 71.4 Å². The molecule has 0 aliphatic carbocycles. The van der Waals surface area contributed by atoms with Gasteiger partial charge in [0, 0.05) is 13.1 Å². The van der Waals surface area contributed by atoms with Crippen molar-refractivity contribution in [2.45, 2.75) is 6.29 Å². The predicted molar refractivity (Wildman–Crippen MR) is 44.2 cm³/mol. The van der Waals surface area contributed by atoms with Crippen molar-refractivity contribution in [3.05, 3.63) is 0 Å². The Morgan fingerprint density at radius 2 is 1.75 bits per heavy atom. The molecule has 7 heteroatoms. The number of hydrogen-bond donors (Lipinski definition) is 3. The first-order chi connectivity index (χ1) is 5.40. The van der Waals surface area contributed by atoms with Crippen LogP contribution >= 0.6 is 7.75 Å². The fraction of sp³-hybridized carbons (Fsp3) is 1.00. The van der Waals surface area contributed by atoms with Gasteiger partial charge in [-0.25, -0.2) is 4.57 Å². The fourth-order valence-electron chi connectivity index (χ4n) is 1.24. The molecule has 1 saturated heterocycles. The summed E-state index contributed by atoms with van der Waals surface area (Å²) < 4.78 is 10.6. The standard InChI is InChI=1S/C5H14N3O3P/c1-7-3-4-8(2)5(7)6-12(9,10)11/h5H,3-4H2,1-2H3,(H3,6,9,10,11). The molecule has 0 aromatic carbocycles. The van der Waals surface area contributed by atoms with Crippen molar-refractivity contribution in [2.75, 3.05) is 27.2 Å². The molecule has 1 aliphatic rings. The van der Waals surface area contributed by atoms with E-state index < -0.39 is 7.75 Å². The van der Waals surface area contributed by atoms with Gasteiger partial charge >= 0.3 is 7.75 Å². The third-order valence-corrected chi connectivity index (χ3v) is 2.49. The summed E-state index contributed by atoms with van der Waals surface area (Å²) >= 11 is 0. The van der Waals surface area contributed by atoms with Crippen LogP contribution in [0.3, 0.4) is 0 Å². The van der Waals surface area contributed by atoms with E-state index in [1.165, 1.54) is 0 Å². The lowest BCUT2D eigenvalue weighted by Gasteiger charge is -2.25. The first kappa shape index (κ1) is 10.1. The molecule has 0 aromatic heterocycles. The van der Waals surface area contributed by atoms with Gasteiger partial charge in [0.25, 0.3) is 0 Å². The van der Waals surface area contributed by atoms with Gasteiger partial charge in [0.2, 0.25) is 0 Å². The van der Waals surface area contributed by atoms with E-state index in [4.69, 9.17) is 9.79 Å². The zero-order valence-electron chi connectivity index (χ0n) is 7.14. The summed E-state index contributed by atoms with van der Waals surface area (Å²) in [6.07, 6.45) is -0.356. The quantitative estimate of drug-likeness (QED) is 0.482. The first-order valence-corrected chi connectivity index (χ1v) is 5.25. The predicted octanol–water partition coefficient (Wildman–Crippen LogP) is -1.17. The van der Waals surface area contributed by atoms with Crippen molar-refractivity contribution in [3.63, 3.8) is 0 Å². The van der Waals surface area contributed by atoms with Gasteiger partial charge in [0.05, 0.1) is 0 Å². The molecule has 1 heterocycles. The average molecular weight is 195 g/mol. The van der Waals surface area contributed by atoms with Gasteiger partial charge in [-0.3, -0.25) is 9.80 Å². The van der Waals surface area contributed by atoms with E-state index >= 15 is 0 Å². The van der Waals surface area contributed by atoms with E-state index in [1.54, 1.807) is 0 Å². The summed E-state index contributed by atoms with van der Waals surface area (Å²) in [6.45, 7) is 1.63. The van der Waals surface area contributed by atoms with Crippen LogP contribution in [0.1, 0.15) is 0 Å². The Bertz CT molecular complexity index is 196.